The fourth-order valence-electron chi connectivity index (χ4n) is 11.3. The molecule has 386 valence electrons. The summed E-state index contributed by atoms with van der Waals surface area (Å²) in [5.41, 5.74) is 14.8. The Morgan fingerprint density at radius 3 is 0.711 bits per heavy atom. The van der Waals surface area contributed by atoms with Gasteiger partial charge in [0.1, 0.15) is 0 Å². The monoisotopic (exact) mass is 1060 g/mol. The van der Waals surface area contributed by atoms with Gasteiger partial charge in [-0.05, 0) is 127 Å². The van der Waals surface area contributed by atoms with Crippen LogP contribution in [0.5, 0.6) is 0 Å². The highest BCUT2D eigenvalue weighted by Crippen LogP contribution is 2.51. The van der Waals surface area contributed by atoms with Gasteiger partial charge in [0.2, 0.25) is 0 Å². The van der Waals surface area contributed by atoms with Gasteiger partial charge >= 0.3 is 0 Å². The van der Waals surface area contributed by atoms with E-state index in [1.54, 1.807) is 0 Å². The van der Waals surface area contributed by atoms with Gasteiger partial charge in [-0.1, -0.05) is 248 Å². The second kappa shape index (κ2) is 19.9. The molecule has 0 saturated heterocycles. The molecule has 0 radical (unpaired) electrons. The normalized spacial score (nSPS) is 12.7. The molecular formula is C70H80N2Si4. The molecule has 0 atom stereocenters. The predicted molar refractivity (Wildman–Crippen MR) is 350 cm³/mol. The minimum atomic E-state index is -1.56. The minimum absolute atomic E-state index is 0.289. The lowest BCUT2D eigenvalue weighted by Crippen LogP contribution is -2.37. The molecule has 0 aromatic heterocycles. The van der Waals surface area contributed by atoms with Crippen LogP contribution in [0.1, 0.15) is 50.7 Å². The molecule has 0 N–H and O–H groups in total. The zero-order valence-electron chi connectivity index (χ0n) is 48.4. The Morgan fingerprint density at radius 1 is 0.263 bits per heavy atom. The molecule has 0 amide bonds. The SMILES string of the molecule is CC(C)c1cc(N(c2ccc(-c3ccc([Si](C)(C)C)cc3)cc2)c2ccc([Si](C)(C)C)cc2)c2ccc3c(C(C)C)cc(N(c4ccc(-c5ccc([Si](C)(C)C)cc5)cc4)c4ccc([Si](C)(C)C)cc4)c4ccc1c2c34. The standard InChI is InChI=1S/C70H80N2Si4/c1-47(2)65-45-67(71(55-29-37-59(38-30-55)75(11,12)13)53-25-17-49(18-26-53)51-21-33-57(34-22-51)73(5,6)7)63-44-42-62-66(48(3)4)46-68(64-43-41-61(65)69(63)70(62)64)72(56-31-39-60(40-32-56)76(14,15)16)54-27-19-50(20-28-54)52-23-35-58(36-24-52)74(8,9)10/h17-48H,1-16H3. The average molecular weight is 1060 g/mol. The van der Waals surface area contributed by atoms with E-state index in [1.807, 2.05) is 0 Å². The number of hydrogen-bond donors (Lipinski definition) is 0. The van der Waals surface area contributed by atoms with Crippen molar-refractivity contribution in [1.82, 2.24) is 0 Å². The van der Waals surface area contributed by atoms with Crippen molar-refractivity contribution in [2.45, 2.75) is 118 Å². The lowest BCUT2D eigenvalue weighted by Gasteiger charge is -2.32. The summed E-state index contributed by atoms with van der Waals surface area (Å²) in [5.74, 6) is 0.577. The first kappa shape index (κ1) is 53.1. The second-order valence-corrected chi connectivity index (χ2v) is 46.7. The maximum absolute atomic E-state index is 2.54. The highest BCUT2D eigenvalue weighted by Gasteiger charge is 2.28. The van der Waals surface area contributed by atoms with Gasteiger partial charge in [0.25, 0.3) is 0 Å². The second-order valence-electron chi connectivity index (χ2n) is 26.4. The van der Waals surface area contributed by atoms with Gasteiger partial charge in [-0.15, -0.1) is 0 Å². The van der Waals surface area contributed by atoms with Crippen molar-refractivity contribution in [3.63, 3.8) is 0 Å². The van der Waals surface area contributed by atoms with E-state index in [1.165, 1.54) is 109 Å². The molecule has 76 heavy (non-hydrogen) atoms. The molecule has 10 aromatic rings. The number of benzene rings is 10. The predicted octanol–water partition coefficient (Wildman–Crippen LogP) is 19.3. The summed E-state index contributed by atoms with van der Waals surface area (Å²) in [6, 6.07) is 71.2. The summed E-state index contributed by atoms with van der Waals surface area (Å²) in [7, 11) is -5.94. The Balaban J connectivity index is 1.21. The first-order valence-corrected chi connectivity index (χ1v) is 41.9. The summed E-state index contributed by atoms with van der Waals surface area (Å²) in [4.78, 5) is 5.08. The molecule has 0 spiro atoms. The van der Waals surface area contributed by atoms with Gasteiger partial charge < -0.3 is 9.80 Å². The Morgan fingerprint density at radius 2 is 0.474 bits per heavy atom. The van der Waals surface area contributed by atoms with Crippen LogP contribution in [-0.4, -0.2) is 32.3 Å². The third-order valence-corrected chi connectivity index (χ3v) is 24.3. The molecule has 0 aliphatic heterocycles. The largest absolute Gasteiger partial charge is 0.310 e. The van der Waals surface area contributed by atoms with E-state index in [2.05, 4.69) is 298 Å². The van der Waals surface area contributed by atoms with Crippen LogP contribution in [0.15, 0.2) is 182 Å². The van der Waals surface area contributed by atoms with Crippen molar-refractivity contribution in [3.05, 3.63) is 193 Å². The lowest BCUT2D eigenvalue weighted by atomic mass is 9.84. The Bertz CT molecular complexity index is 3430. The van der Waals surface area contributed by atoms with Crippen LogP contribution in [0.2, 0.25) is 78.6 Å². The van der Waals surface area contributed by atoms with Crippen molar-refractivity contribution in [1.29, 1.82) is 0 Å². The van der Waals surface area contributed by atoms with Crippen molar-refractivity contribution < 1.29 is 0 Å². The summed E-state index contributed by atoms with van der Waals surface area (Å²) < 4.78 is 0. The molecule has 0 heterocycles. The van der Waals surface area contributed by atoms with Crippen LogP contribution in [0, 0.1) is 0 Å². The molecule has 0 aliphatic rings. The van der Waals surface area contributed by atoms with Gasteiger partial charge in [0.15, 0.2) is 0 Å². The number of nitrogens with zero attached hydrogens (tertiary/aromatic N) is 2. The highest BCUT2D eigenvalue weighted by atomic mass is 28.3. The number of anilines is 6. The smallest absolute Gasteiger partial charge is 0.0775 e. The molecule has 2 nitrogen and oxygen atoms in total. The van der Waals surface area contributed by atoms with Gasteiger partial charge in [0.05, 0.1) is 43.7 Å². The molecular weight excluding hydrogens is 981 g/mol. The topological polar surface area (TPSA) is 6.48 Å². The van der Waals surface area contributed by atoms with E-state index in [9.17, 15) is 0 Å². The molecule has 0 bridgehead atoms. The van der Waals surface area contributed by atoms with E-state index >= 15 is 0 Å². The lowest BCUT2D eigenvalue weighted by molar-refractivity contribution is 0.875. The van der Waals surface area contributed by atoms with E-state index < -0.39 is 32.3 Å². The first-order chi connectivity index (χ1) is 35.9. The zero-order valence-corrected chi connectivity index (χ0v) is 52.4. The summed E-state index contributed by atoms with van der Waals surface area (Å²) in [6.45, 7) is 38.6. The molecule has 6 heteroatoms. The molecule has 0 unspecified atom stereocenters. The first-order valence-electron chi connectivity index (χ1n) is 27.9. The van der Waals surface area contributed by atoms with E-state index in [-0.39, 0.29) is 11.8 Å². The third-order valence-electron chi connectivity index (χ3n) is 16.0. The van der Waals surface area contributed by atoms with Crippen molar-refractivity contribution >= 4 is 119 Å². The van der Waals surface area contributed by atoms with Crippen LogP contribution in [0.25, 0.3) is 54.6 Å². The quantitative estimate of drug-likeness (QED) is 0.0791. The number of hydrogen-bond acceptors (Lipinski definition) is 2. The van der Waals surface area contributed by atoms with Crippen molar-refractivity contribution in [2.75, 3.05) is 9.80 Å². The van der Waals surface area contributed by atoms with Gasteiger partial charge in [-0.2, -0.15) is 0 Å². The Hall–Kier alpha value is -6.29. The minimum Gasteiger partial charge on any atom is -0.310 e. The fraction of sp³-hybridized carbons (Fsp3) is 0.257. The summed E-state index contributed by atoms with van der Waals surface area (Å²) >= 11 is 0. The van der Waals surface area contributed by atoms with Crippen LogP contribution >= 0.6 is 0 Å². The Kier molecular flexibility index (Phi) is 13.9. The maximum Gasteiger partial charge on any atom is 0.0775 e. The molecule has 0 fully saturated rings. The van der Waals surface area contributed by atoms with Crippen LogP contribution in [0.3, 0.4) is 0 Å². The van der Waals surface area contributed by atoms with Crippen molar-refractivity contribution in [3.8, 4) is 22.3 Å². The molecule has 10 rings (SSSR count). The molecule has 0 saturated carbocycles. The highest BCUT2D eigenvalue weighted by molar-refractivity contribution is 6.90. The van der Waals surface area contributed by atoms with Crippen LogP contribution < -0.4 is 30.5 Å². The van der Waals surface area contributed by atoms with Crippen LogP contribution in [-0.2, 0) is 0 Å². The van der Waals surface area contributed by atoms with Crippen molar-refractivity contribution in [2.24, 2.45) is 0 Å². The average Bonchev–Trinajstić information content (AvgIpc) is 3.39. The molecule has 0 aliphatic carbocycles. The summed E-state index contributed by atoms with van der Waals surface area (Å²) in [6.07, 6.45) is 0. The number of rotatable bonds is 14. The molecule has 10 aromatic carbocycles. The van der Waals surface area contributed by atoms with E-state index in [4.69, 9.17) is 0 Å². The van der Waals surface area contributed by atoms with Gasteiger partial charge in [-0.3, -0.25) is 0 Å². The Labute approximate surface area is 459 Å². The van der Waals surface area contributed by atoms with Gasteiger partial charge in [0, 0.05) is 33.5 Å². The fourth-order valence-corrected chi connectivity index (χ4v) is 16.0. The maximum atomic E-state index is 2.54. The van der Waals surface area contributed by atoms with Gasteiger partial charge in [-0.25, -0.2) is 0 Å². The zero-order chi connectivity index (χ0) is 54.2. The van der Waals surface area contributed by atoms with E-state index in [0.29, 0.717) is 0 Å². The third kappa shape index (κ3) is 10.2. The van der Waals surface area contributed by atoms with E-state index in [0.717, 1.165) is 11.4 Å². The summed E-state index contributed by atoms with van der Waals surface area (Å²) in [5, 5.41) is 13.8. The van der Waals surface area contributed by atoms with Crippen LogP contribution in [0.4, 0.5) is 34.1 Å².